The number of hydrogen-bond donors (Lipinski definition) is 1. The molecule has 0 saturated carbocycles. The fourth-order valence-corrected chi connectivity index (χ4v) is 1.21. The van der Waals surface area contributed by atoms with Crippen molar-refractivity contribution in [2.75, 3.05) is 6.54 Å². The van der Waals surface area contributed by atoms with Crippen LogP contribution in [0.5, 0.6) is 5.75 Å². The van der Waals surface area contributed by atoms with Gasteiger partial charge in [-0.05, 0) is 32.0 Å². The first kappa shape index (κ1) is 12.5. The highest BCUT2D eigenvalue weighted by atomic mass is 16.5. The smallest absolute Gasteiger partial charge is 0.181 e. The number of ether oxygens (including phenoxy) is 1. The summed E-state index contributed by atoms with van der Waals surface area (Å²) in [5.74, 6) is 0.633. The summed E-state index contributed by atoms with van der Waals surface area (Å²) in [6.07, 6.45) is 2.32. The Kier molecular flexibility index (Phi) is 5.30. The summed E-state index contributed by atoms with van der Waals surface area (Å²) in [6.45, 7) is 5.59. The minimum absolute atomic E-state index is 0.439. The summed E-state index contributed by atoms with van der Waals surface area (Å²) in [5, 5.41) is 11.9. The molecule has 0 aliphatic carbocycles. The Morgan fingerprint density at radius 3 is 2.94 bits per heavy atom. The monoisotopic (exact) mass is 219 g/mol. The zero-order valence-electron chi connectivity index (χ0n) is 9.73. The normalized spacial score (nSPS) is 11.8. The van der Waals surface area contributed by atoms with Crippen LogP contribution in [-0.2, 0) is 6.54 Å². The Morgan fingerprint density at radius 1 is 1.56 bits per heavy atom. The van der Waals surface area contributed by atoms with Gasteiger partial charge in [0.05, 0.1) is 11.9 Å². The second kappa shape index (κ2) is 6.81. The number of nitrogens with zero attached hydrogens (tertiary/aromatic N) is 2. The number of nitriles is 1. The molecule has 0 aromatic carbocycles. The molecule has 0 aliphatic heterocycles. The van der Waals surface area contributed by atoms with E-state index in [1.165, 1.54) is 0 Å². The van der Waals surface area contributed by atoms with E-state index in [1.807, 2.05) is 18.2 Å². The van der Waals surface area contributed by atoms with Gasteiger partial charge in [0.1, 0.15) is 11.8 Å². The zero-order chi connectivity index (χ0) is 11.8. The zero-order valence-corrected chi connectivity index (χ0v) is 9.73. The molecule has 4 nitrogen and oxygen atoms in total. The lowest BCUT2D eigenvalue weighted by molar-refractivity contribution is 0.275. The van der Waals surface area contributed by atoms with E-state index in [4.69, 9.17) is 10.00 Å². The molecule has 1 rings (SSSR count). The molecule has 0 aliphatic rings. The predicted octanol–water partition coefficient (Wildman–Crippen LogP) is 1.87. The molecule has 0 fully saturated rings. The van der Waals surface area contributed by atoms with Crippen LogP contribution in [0.25, 0.3) is 0 Å². The van der Waals surface area contributed by atoms with Crippen molar-refractivity contribution in [1.82, 2.24) is 10.3 Å². The van der Waals surface area contributed by atoms with Crippen molar-refractivity contribution in [3.8, 4) is 11.8 Å². The minimum Gasteiger partial charge on any atom is -0.474 e. The molecule has 0 spiro atoms. The lowest BCUT2D eigenvalue weighted by atomic mass is 10.3. The van der Waals surface area contributed by atoms with Gasteiger partial charge in [0.2, 0.25) is 0 Å². The summed E-state index contributed by atoms with van der Waals surface area (Å²) in [7, 11) is 0. The highest BCUT2D eigenvalue weighted by Gasteiger charge is 2.01. The molecule has 1 aromatic heterocycles. The van der Waals surface area contributed by atoms with Crippen molar-refractivity contribution < 1.29 is 4.74 Å². The maximum absolute atomic E-state index is 8.59. The highest BCUT2D eigenvalue weighted by Crippen LogP contribution is 2.10. The van der Waals surface area contributed by atoms with Crippen LogP contribution in [0.3, 0.4) is 0 Å². The molecule has 1 atom stereocenters. The highest BCUT2D eigenvalue weighted by molar-refractivity contribution is 5.20. The molecule has 4 heteroatoms. The van der Waals surface area contributed by atoms with Gasteiger partial charge in [-0.3, -0.25) is 4.98 Å². The van der Waals surface area contributed by atoms with Crippen LogP contribution < -0.4 is 10.1 Å². The van der Waals surface area contributed by atoms with Crippen molar-refractivity contribution in [1.29, 1.82) is 5.26 Å². The summed E-state index contributed by atoms with van der Waals surface area (Å²) >= 11 is 0. The Hall–Kier alpha value is -1.60. The van der Waals surface area contributed by atoms with E-state index < -0.39 is 6.10 Å². The van der Waals surface area contributed by atoms with Gasteiger partial charge in [-0.15, -0.1) is 0 Å². The van der Waals surface area contributed by atoms with Crippen molar-refractivity contribution in [3.05, 3.63) is 24.0 Å². The molecule has 0 bridgehead atoms. The van der Waals surface area contributed by atoms with Gasteiger partial charge >= 0.3 is 0 Å². The maximum atomic E-state index is 8.59. The molecule has 0 radical (unpaired) electrons. The maximum Gasteiger partial charge on any atom is 0.181 e. The molecule has 1 aromatic rings. The van der Waals surface area contributed by atoms with Gasteiger partial charge < -0.3 is 10.1 Å². The number of aromatic nitrogens is 1. The van der Waals surface area contributed by atoms with Crippen molar-refractivity contribution in [3.63, 3.8) is 0 Å². The van der Waals surface area contributed by atoms with Crippen LogP contribution in [0, 0.1) is 11.3 Å². The standard InChI is InChI=1S/C12H17N3O/c1-3-6-14-8-11-4-5-12(9-15-11)16-10(2)7-13/h4-5,9-10,14H,3,6,8H2,1-2H3. The van der Waals surface area contributed by atoms with E-state index in [2.05, 4.69) is 17.2 Å². The Morgan fingerprint density at radius 2 is 2.38 bits per heavy atom. The molecule has 16 heavy (non-hydrogen) atoms. The third-order valence-electron chi connectivity index (χ3n) is 2.03. The first-order chi connectivity index (χ1) is 7.76. The average molecular weight is 219 g/mol. The lowest BCUT2D eigenvalue weighted by Gasteiger charge is -2.07. The van der Waals surface area contributed by atoms with Crippen molar-refractivity contribution in [2.45, 2.75) is 32.9 Å². The Labute approximate surface area is 96.3 Å². The summed E-state index contributed by atoms with van der Waals surface area (Å²) in [5.41, 5.74) is 0.977. The van der Waals surface area contributed by atoms with Gasteiger partial charge in [0.25, 0.3) is 0 Å². The van der Waals surface area contributed by atoms with Crippen LogP contribution in [0.4, 0.5) is 0 Å². The van der Waals surface area contributed by atoms with E-state index in [1.54, 1.807) is 13.1 Å². The molecule has 0 saturated heterocycles. The minimum atomic E-state index is -0.439. The van der Waals surface area contributed by atoms with Gasteiger partial charge in [-0.1, -0.05) is 6.92 Å². The second-order valence-electron chi connectivity index (χ2n) is 3.55. The van der Waals surface area contributed by atoms with Gasteiger partial charge in [0, 0.05) is 6.54 Å². The predicted molar refractivity (Wildman–Crippen MR) is 61.9 cm³/mol. The Bertz CT molecular complexity index is 342. The topological polar surface area (TPSA) is 57.9 Å². The SMILES string of the molecule is CCCNCc1ccc(OC(C)C#N)cn1. The molecule has 1 N–H and O–H groups in total. The summed E-state index contributed by atoms with van der Waals surface area (Å²) in [4.78, 5) is 4.24. The van der Waals surface area contributed by atoms with Crippen LogP contribution in [0.1, 0.15) is 26.0 Å². The second-order valence-corrected chi connectivity index (χ2v) is 3.55. The summed E-state index contributed by atoms with van der Waals surface area (Å²) in [6, 6.07) is 5.75. The molecule has 0 amide bonds. The van der Waals surface area contributed by atoms with E-state index in [9.17, 15) is 0 Å². The largest absolute Gasteiger partial charge is 0.474 e. The van der Waals surface area contributed by atoms with E-state index in [0.29, 0.717) is 5.75 Å². The average Bonchev–Trinajstić information content (AvgIpc) is 2.31. The molecule has 86 valence electrons. The molecule has 1 unspecified atom stereocenters. The van der Waals surface area contributed by atoms with E-state index in [0.717, 1.165) is 25.2 Å². The number of hydrogen-bond acceptors (Lipinski definition) is 4. The number of rotatable bonds is 6. The third-order valence-corrected chi connectivity index (χ3v) is 2.03. The number of nitrogens with one attached hydrogen (secondary N) is 1. The lowest BCUT2D eigenvalue weighted by Crippen LogP contribution is -2.15. The molecule has 1 heterocycles. The first-order valence-corrected chi connectivity index (χ1v) is 5.48. The van der Waals surface area contributed by atoms with Crippen molar-refractivity contribution >= 4 is 0 Å². The van der Waals surface area contributed by atoms with Gasteiger partial charge in [0.15, 0.2) is 6.10 Å². The molecular weight excluding hydrogens is 202 g/mol. The van der Waals surface area contributed by atoms with Crippen LogP contribution in [0.2, 0.25) is 0 Å². The fourth-order valence-electron chi connectivity index (χ4n) is 1.21. The van der Waals surface area contributed by atoms with Crippen molar-refractivity contribution in [2.24, 2.45) is 0 Å². The van der Waals surface area contributed by atoms with E-state index in [-0.39, 0.29) is 0 Å². The summed E-state index contributed by atoms with van der Waals surface area (Å²) < 4.78 is 5.30. The van der Waals surface area contributed by atoms with Gasteiger partial charge in [-0.25, -0.2) is 0 Å². The van der Waals surface area contributed by atoms with Crippen LogP contribution >= 0.6 is 0 Å². The van der Waals surface area contributed by atoms with Crippen LogP contribution in [-0.4, -0.2) is 17.6 Å². The molecular formula is C12H17N3O. The first-order valence-electron chi connectivity index (χ1n) is 5.48. The van der Waals surface area contributed by atoms with E-state index >= 15 is 0 Å². The van der Waals surface area contributed by atoms with Crippen LogP contribution in [0.15, 0.2) is 18.3 Å². The Balaban J connectivity index is 2.45. The third kappa shape index (κ3) is 4.28. The fraction of sp³-hybridized carbons (Fsp3) is 0.500. The quantitative estimate of drug-likeness (QED) is 0.742. The number of pyridine rings is 1. The van der Waals surface area contributed by atoms with Gasteiger partial charge in [-0.2, -0.15) is 5.26 Å².